The van der Waals surface area contributed by atoms with Crippen LogP contribution in [-0.2, 0) is 4.74 Å². The van der Waals surface area contributed by atoms with Gasteiger partial charge in [0.2, 0.25) is 0 Å². The van der Waals surface area contributed by atoms with Crippen LogP contribution in [0.5, 0.6) is 0 Å². The Kier molecular flexibility index (Phi) is 6.56. The van der Waals surface area contributed by atoms with Crippen LogP contribution in [0.1, 0.15) is 119 Å². The van der Waals surface area contributed by atoms with Crippen LogP contribution in [0.3, 0.4) is 0 Å². The van der Waals surface area contributed by atoms with E-state index >= 15 is 0 Å². The maximum atomic E-state index is 11.7. The molecule has 200 valence electrons. The Bertz CT molecular complexity index is 854. The van der Waals surface area contributed by atoms with Gasteiger partial charge in [-0.1, -0.05) is 47.6 Å². The summed E-state index contributed by atoms with van der Waals surface area (Å²) in [5, 5.41) is 9.58. The van der Waals surface area contributed by atoms with Gasteiger partial charge in [-0.3, -0.25) is 0 Å². The van der Waals surface area contributed by atoms with Crippen LogP contribution in [0.25, 0.3) is 0 Å². The number of carbonyl (C=O) groups is 1. The van der Waals surface area contributed by atoms with Crippen molar-refractivity contribution >= 4 is 6.16 Å². The summed E-state index contributed by atoms with van der Waals surface area (Å²) in [6.45, 7) is 20.6. The van der Waals surface area contributed by atoms with Crippen molar-refractivity contribution in [2.24, 2.45) is 51.1 Å². The van der Waals surface area contributed by atoms with Gasteiger partial charge < -0.3 is 15.6 Å². The summed E-state index contributed by atoms with van der Waals surface area (Å²) in [6.07, 6.45) is 12.9. The minimum atomic E-state index is -1.14. The smallest absolute Gasteiger partial charge is 0.450 e. The highest BCUT2D eigenvalue weighted by Gasteiger charge is 2.73. The Hall–Kier alpha value is -1.03. The molecule has 5 fully saturated rings. The van der Waals surface area contributed by atoms with Crippen LogP contribution in [0.2, 0.25) is 0 Å². The standard InChI is InChI=1S/C28H47NO3.C3H6/c1-18-10-14-24(4)19(23(18,2)3)11-15-25(5)20(24)8-9-21-26(25,6)16-17-27(32-22(30)31)12-7-13-28(21,27)29;1-3-2/h18-21H,7-17,29H2,1-6H3,(H,30,31);3H,1H2,2H3/t18-,19?,20?,21-,24-,25+,26+,27-,28-;/m0./s1. The average molecular weight is 488 g/mol. The van der Waals surface area contributed by atoms with E-state index in [-0.39, 0.29) is 10.8 Å². The molecule has 0 aromatic carbocycles. The number of hydrogen-bond donors (Lipinski definition) is 2. The fraction of sp³-hybridized carbons (Fsp3) is 0.903. The zero-order valence-electron chi connectivity index (χ0n) is 23.7. The molecule has 5 aliphatic carbocycles. The van der Waals surface area contributed by atoms with E-state index in [1.165, 1.54) is 32.1 Å². The van der Waals surface area contributed by atoms with Gasteiger partial charge in [-0.15, -0.1) is 6.58 Å². The predicted molar refractivity (Wildman–Crippen MR) is 143 cm³/mol. The van der Waals surface area contributed by atoms with Crippen LogP contribution < -0.4 is 5.73 Å². The summed E-state index contributed by atoms with van der Waals surface area (Å²) in [6, 6.07) is 0. The summed E-state index contributed by atoms with van der Waals surface area (Å²) >= 11 is 0. The Morgan fingerprint density at radius 2 is 1.49 bits per heavy atom. The molecular weight excluding hydrogens is 434 g/mol. The summed E-state index contributed by atoms with van der Waals surface area (Å²) in [7, 11) is 0. The minimum absolute atomic E-state index is 0.154. The molecule has 4 heteroatoms. The van der Waals surface area contributed by atoms with E-state index in [4.69, 9.17) is 10.5 Å². The summed E-state index contributed by atoms with van der Waals surface area (Å²) in [5.41, 5.74) is 7.36. The maximum Gasteiger partial charge on any atom is 0.506 e. The molecule has 5 aliphatic rings. The topological polar surface area (TPSA) is 72.5 Å². The molecule has 0 radical (unpaired) electrons. The van der Waals surface area contributed by atoms with E-state index in [1.807, 2.05) is 6.92 Å². The average Bonchev–Trinajstić information content (AvgIpc) is 3.08. The minimum Gasteiger partial charge on any atom is -0.450 e. The van der Waals surface area contributed by atoms with Crippen molar-refractivity contribution in [3.05, 3.63) is 12.7 Å². The fourth-order valence-corrected chi connectivity index (χ4v) is 11.2. The number of hydrogen-bond acceptors (Lipinski definition) is 3. The van der Waals surface area contributed by atoms with Gasteiger partial charge in [0, 0.05) is 0 Å². The summed E-state index contributed by atoms with van der Waals surface area (Å²) < 4.78 is 5.71. The highest BCUT2D eigenvalue weighted by molar-refractivity contribution is 5.58. The predicted octanol–water partition coefficient (Wildman–Crippen LogP) is 8.20. The first-order valence-corrected chi connectivity index (χ1v) is 14.5. The van der Waals surface area contributed by atoms with Crippen molar-refractivity contribution in [3.63, 3.8) is 0 Å². The number of rotatable bonds is 1. The van der Waals surface area contributed by atoms with E-state index in [0.29, 0.717) is 16.7 Å². The number of allylic oxidation sites excluding steroid dienone is 1. The first kappa shape index (κ1) is 27.0. The lowest BCUT2D eigenvalue weighted by Gasteiger charge is -2.73. The Labute approximate surface area is 214 Å². The molecule has 0 saturated heterocycles. The third-order valence-corrected chi connectivity index (χ3v) is 13.4. The molecule has 0 aromatic rings. The second-order valence-electron chi connectivity index (χ2n) is 14.5. The van der Waals surface area contributed by atoms with Crippen molar-refractivity contribution in [2.75, 3.05) is 0 Å². The van der Waals surface area contributed by atoms with Gasteiger partial charge in [0.15, 0.2) is 0 Å². The molecule has 0 bridgehead atoms. The van der Waals surface area contributed by atoms with E-state index in [2.05, 4.69) is 48.1 Å². The van der Waals surface area contributed by atoms with Crippen LogP contribution in [0.15, 0.2) is 12.7 Å². The lowest BCUT2D eigenvalue weighted by molar-refractivity contribution is -0.251. The Morgan fingerprint density at radius 3 is 2.11 bits per heavy atom. The lowest BCUT2D eigenvalue weighted by Crippen LogP contribution is -2.74. The van der Waals surface area contributed by atoms with E-state index < -0.39 is 17.3 Å². The summed E-state index contributed by atoms with van der Waals surface area (Å²) in [5.74, 6) is 2.68. The Morgan fingerprint density at radius 1 is 0.886 bits per heavy atom. The number of fused-ring (bicyclic) bond motifs is 7. The SMILES string of the molecule is C=CC.C[C@H]1CC[C@@]2(C)C(CC[C@]3(C)C2CC[C@H]2[C@@]3(C)CC[C@@]3(OC(=O)O)CCC[C@]23N)C1(C)C. The second kappa shape index (κ2) is 8.50. The number of ether oxygens (including phenoxy) is 1. The lowest BCUT2D eigenvalue weighted by atomic mass is 9.32. The van der Waals surface area contributed by atoms with Gasteiger partial charge in [-0.05, 0) is 123 Å². The van der Waals surface area contributed by atoms with E-state index in [0.717, 1.165) is 56.3 Å². The quantitative estimate of drug-likeness (QED) is 0.289. The highest BCUT2D eigenvalue weighted by atomic mass is 16.7. The van der Waals surface area contributed by atoms with Crippen molar-refractivity contribution < 1.29 is 14.6 Å². The first-order valence-electron chi connectivity index (χ1n) is 14.5. The Balaban J connectivity index is 0.000000917. The molecule has 5 rings (SSSR count). The molecule has 9 atom stereocenters. The maximum absolute atomic E-state index is 11.7. The summed E-state index contributed by atoms with van der Waals surface area (Å²) in [4.78, 5) is 11.7. The molecule has 0 amide bonds. The van der Waals surface area contributed by atoms with Crippen molar-refractivity contribution in [3.8, 4) is 0 Å². The molecule has 2 unspecified atom stereocenters. The molecule has 4 nitrogen and oxygen atoms in total. The molecule has 35 heavy (non-hydrogen) atoms. The molecule has 3 N–H and O–H groups in total. The van der Waals surface area contributed by atoms with Crippen LogP contribution in [-0.4, -0.2) is 22.4 Å². The zero-order chi connectivity index (χ0) is 26.1. The largest absolute Gasteiger partial charge is 0.506 e. The molecular formula is C31H53NO3. The zero-order valence-corrected chi connectivity index (χ0v) is 23.7. The fourth-order valence-electron chi connectivity index (χ4n) is 11.2. The van der Waals surface area contributed by atoms with Crippen molar-refractivity contribution in [1.29, 1.82) is 0 Å². The number of carboxylic acid groups (broad SMARTS) is 1. The second-order valence-corrected chi connectivity index (χ2v) is 14.5. The van der Waals surface area contributed by atoms with Crippen molar-refractivity contribution in [1.82, 2.24) is 0 Å². The molecule has 0 heterocycles. The van der Waals surface area contributed by atoms with Gasteiger partial charge in [0.1, 0.15) is 5.60 Å². The normalized spacial score (nSPS) is 51.9. The van der Waals surface area contributed by atoms with E-state index in [1.54, 1.807) is 6.08 Å². The van der Waals surface area contributed by atoms with Crippen molar-refractivity contribution in [2.45, 2.75) is 130 Å². The van der Waals surface area contributed by atoms with Gasteiger partial charge >= 0.3 is 6.16 Å². The van der Waals surface area contributed by atoms with Crippen LogP contribution in [0.4, 0.5) is 4.79 Å². The molecule has 0 aliphatic heterocycles. The third-order valence-electron chi connectivity index (χ3n) is 13.4. The number of nitrogens with two attached hydrogens (primary N) is 1. The van der Waals surface area contributed by atoms with Crippen LogP contribution in [0, 0.1) is 45.3 Å². The highest BCUT2D eigenvalue weighted by Crippen LogP contribution is 2.76. The van der Waals surface area contributed by atoms with Gasteiger partial charge in [0.05, 0.1) is 5.54 Å². The third kappa shape index (κ3) is 3.43. The van der Waals surface area contributed by atoms with Crippen LogP contribution >= 0.6 is 0 Å². The molecule has 5 saturated carbocycles. The molecule has 0 spiro atoms. The first-order chi connectivity index (χ1) is 16.2. The monoisotopic (exact) mass is 487 g/mol. The van der Waals surface area contributed by atoms with Gasteiger partial charge in [0.25, 0.3) is 0 Å². The molecule has 0 aromatic heterocycles. The van der Waals surface area contributed by atoms with Gasteiger partial charge in [-0.2, -0.15) is 0 Å². The van der Waals surface area contributed by atoms with Gasteiger partial charge in [-0.25, -0.2) is 4.79 Å². The van der Waals surface area contributed by atoms with E-state index in [9.17, 15) is 9.90 Å².